The molecule has 2 rings (SSSR count). The van der Waals surface area contributed by atoms with Crippen LogP contribution in [0.4, 0.5) is 4.39 Å². The van der Waals surface area contributed by atoms with Crippen LogP contribution in [0, 0.1) is 5.82 Å². The highest BCUT2D eigenvalue weighted by Gasteiger charge is 2.14. The number of thioether (sulfide) groups is 1. The van der Waals surface area contributed by atoms with Gasteiger partial charge in [-0.05, 0) is 38.6 Å². The molecule has 6 heteroatoms. The molecule has 1 aromatic heterocycles. The van der Waals surface area contributed by atoms with Gasteiger partial charge in [0, 0.05) is 18.8 Å². The molecule has 0 aliphatic carbocycles. The maximum absolute atomic E-state index is 13.3. The Morgan fingerprint density at radius 2 is 2.20 bits per heavy atom. The third-order valence-electron chi connectivity index (χ3n) is 3.79. The van der Waals surface area contributed by atoms with Crippen molar-refractivity contribution in [2.45, 2.75) is 37.8 Å². The fraction of sp³-hybridized carbons (Fsp3) is 0.368. The second kappa shape index (κ2) is 9.53. The highest BCUT2D eigenvalue weighted by Crippen LogP contribution is 2.23. The second-order valence-electron chi connectivity index (χ2n) is 6.02. The van der Waals surface area contributed by atoms with E-state index in [0.29, 0.717) is 18.8 Å². The number of allylic oxidation sites excluding steroid dienone is 2. The zero-order valence-electron chi connectivity index (χ0n) is 15.1. The maximum atomic E-state index is 13.3. The number of nitrogens with zero attached hydrogens (tertiary/aromatic N) is 4. The molecule has 0 spiro atoms. The first kappa shape index (κ1) is 19.4. The van der Waals surface area contributed by atoms with Crippen molar-refractivity contribution in [2.24, 2.45) is 0 Å². The fourth-order valence-corrected chi connectivity index (χ4v) is 3.35. The zero-order chi connectivity index (χ0) is 18.2. The number of hydrogen-bond acceptors (Lipinski definition) is 4. The van der Waals surface area contributed by atoms with E-state index >= 15 is 0 Å². The Labute approximate surface area is 153 Å². The zero-order valence-corrected chi connectivity index (χ0v) is 15.9. The Morgan fingerprint density at radius 1 is 1.40 bits per heavy atom. The van der Waals surface area contributed by atoms with E-state index in [4.69, 9.17) is 0 Å². The molecule has 0 aliphatic rings. The van der Waals surface area contributed by atoms with Gasteiger partial charge in [0.05, 0.1) is 6.54 Å². The maximum Gasteiger partial charge on any atom is 0.191 e. The Kier molecular flexibility index (Phi) is 7.40. The standard InChI is InChI=1S/C19H25FN4S/c1-5-10-24-18(13-23(4)12-15(3)6-2)21-22-19(24)25-14-16-8-7-9-17(20)11-16/h5-9,11H,1,10,12-14H2,2-4H3. The smallest absolute Gasteiger partial charge is 0.191 e. The van der Waals surface area contributed by atoms with Gasteiger partial charge in [-0.2, -0.15) is 0 Å². The molecule has 0 bridgehead atoms. The number of likely N-dealkylation sites (N-methyl/N-ethyl adjacent to an activating group) is 1. The normalized spacial score (nSPS) is 12.0. The van der Waals surface area contributed by atoms with E-state index in [1.165, 1.54) is 11.6 Å². The van der Waals surface area contributed by atoms with Gasteiger partial charge in [0.2, 0.25) is 0 Å². The molecule has 1 heterocycles. The molecule has 0 saturated heterocycles. The van der Waals surface area contributed by atoms with E-state index in [1.54, 1.807) is 23.9 Å². The Morgan fingerprint density at radius 3 is 2.88 bits per heavy atom. The molecule has 0 saturated carbocycles. The van der Waals surface area contributed by atoms with Crippen molar-refractivity contribution in [1.82, 2.24) is 19.7 Å². The van der Waals surface area contributed by atoms with Crippen LogP contribution in [0.3, 0.4) is 0 Å². The summed E-state index contributed by atoms with van der Waals surface area (Å²) in [6.07, 6.45) is 3.96. The van der Waals surface area contributed by atoms with Crippen molar-refractivity contribution in [2.75, 3.05) is 13.6 Å². The summed E-state index contributed by atoms with van der Waals surface area (Å²) in [6, 6.07) is 6.65. The molecule has 0 amide bonds. The average Bonchev–Trinajstić information content (AvgIpc) is 2.95. The van der Waals surface area contributed by atoms with Gasteiger partial charge in [0.1, 0.15) is 11.6 Å². The van der Waals surface area contributed by atoms with E-state index in [0.717, 1.165) is 23.1 Å². The molecule has 0 fully saturated rings. The Balaban J connectivity index is 2.08. The van der Waals surface area contributed by atoms with Gasteiger partial charge in [-0.25, -0.2) is 4.39 Å². The second-order valence-corrected chi connectivity index (χ2v) is 6.97. The lowest BCUT2D eigenvalue weighted by atomic mass is 10.2. The van der Waals surface area contributed by atoms with Gasteiger partial charge in [-0.1, -0.05) is 41.6 Å². The number of halogens is 1. The minimum Gasteiger partial charge on any atom is -0.301 e. The lowest BCUT2D eigenvalue weighted by Crippen LogP contribution is -2.22. The molecule has 0 N–H and O–H groups in total. The van der Waals surface area contributed by atoms with Crippen LogP contribution < -0.4 is 0 Å². The molecule has 1 aromatic carbocycles. The molecule has 4 nitrogen and oxygen atoms in total. The molecule has 0 aliphatic heterocycles. The Hall–Kier alpha value is -1.92. The van der Waals surface area contributed by atoms with E-state index in [1.807, 2.05) is 19.1 Å². The van der Waals surface area contributed by atoms with Crippen molar-refractivity contribution in [3.8, 4) is 0 Å². The quantitative estimate of drug-likeness (QED) is 0.493. The van der Waals surface area contributed by atoms with Crippen LogP contribution in [-0.4, -0.2) is 33.3 Å². The van der Waals surface area contributed by atoms with Crippen LogP contribution in [0.25, 0.3) is 0 Å². The summed E-state index contributed by atoms with van der Waals surface area (Å²) in [4.78, 5) is 2.21. The molecule has 0 unspecified atom stereocenters. The highest BCUT2D eigenvalue weighted by atomic mass is 32.2. The summed E-state index contributed by atoms with van der Waals surface area (Å²) in [6.45, 7) is 10.3. The van der Waals surface area contributed by atoms with Crippen molar-refractivity contribution >= 4 is 11.8 Å². The summed E-state index contributed by atoms with van der Waals surface area (Å²) in [5, 5.41) is 9.49. The van der Waals surface area contributed by atoms with Crippen LogP contribution in [0.2, 0.25) is 0 Å². The van der Waals surface area contributed by atoms with E-state index < -0.39 is 0 Å². The van der Waals surface area contributed by atoms with Gasteiger partial charge in [0.25, 0.3) is 0 Å². The van der Waals surface area contributed by atoms with Crippen LogP contribution in [0.1, 0.15) is 25.2 Å². The summed E-state index contributed by atoms with van der Waals surface area (Å²) in [5.41, 5.74) is 2.25. The van der Waals surface area contributed by atoms with E-state index in [-0.39, 0.29) is 5.82 Å². The summed E-state index contributed by atoms with van der Waals surface area (Å²) >= 11 is 1.56. The summed E-state index contributed by atoms with van der Waals surface area (Å²) in [5.74, 6) is 1.35. The average molecular weight is 361 g/mol. The van der Waals surface area contributed by atoms with Crippen LogP contribution in [0.5, 0.6) is 0 Å². The van der Waals surface area contributed by atoms with Gasteiger partial charge in [-0.15, -0.1) is 16.8 Å². The molecular formula is C19H25FN4S. The van der Waals surface area contributed by atoms with E-state index in [9.17, 15) is 4.39 Å². The SMILES string of the molecule is C=CCn1c(CN(C)CC(C)=CC)nnc1SCc1cccc(F)c1. The number of hydrogen-bond donors (Lipinski definition) is 0. The largest absolute Gasteiger partial charge is 0.301 e. The summed E-state index contributed by atoms with van der Waals surface area (Å²) in [7, 11) is 2.07. The monoisotopic (exact) mass is 360 g/mol. The first-order valence-corrected chi connectivity index (χ1v) is 9.22. The van der Waals surface area contributed by atoms with E-state index in [2.05, 4.69) is 46.3 Å². The third kappa shape index (κ3) is 5.83. The minimum absolute atomic E-state index is 0.215. The highest BCUT2D eigenvalue weighted by molar-refractivity contribution is 7.98. The topological polar surface area (TPSA) is 34.0 Å². The number of benzene rings is 1. The molecule has 0 atom stereocenters. The van der Waals surface area contributed by atoms with Crippen molar-refractivity contribution in [1.29, 1.82) is 0 Å². The van der Waals surface area contributed by atoms with Gasteiger partial charge in [-0.3, -0.25) is 4.90 Å². The fourth-order valence-electron chi connectivity index (χ4n) is 2.44. The molecule has 134 valence electrons. The van der Waals surface area contributed by atoms with Crippen molar-refractivity contribution < 1.29 is 4.39 Å². The van der Waals surface area contributed by atoms with Gasteiger partial charge < -0.3 is 4.57 Å². The van der Waals surface area contributed by atoms with Gasteiger partial charge in [0.15, 0.2) is 5.16 Å². The minimum atomic E-state index is -0.215. The lowest BCUT2D eigenvalue weighted by molar-refractivity contribution is 0.338. The van der Waals surface area contributed by atoms with Crippen LogP contribution in [-0.2, 0) is 18.8 Å². The van der Waals surface area contributed by atoms with Crippen molar-refractivity contribution in [3.63, 3.8) is 0 Å². The predicted octanol–water partition coefficient (Wildman–Crippen LogP) is 4.29. The number of rotatable bonds is 9. The molecule has 2 aromatic rings. The van der Waals surface area contributed by atoms with Crippen LogP contribution >= 0.6 is 11.8 Å². The molecule has 25 heavy (non-hydrogen) atoms. The number of aromatic nitrogens is 3. The predicted molar refractivity (Wildman–Crippen MR) is 102 cm³/mol. The molecule has 0 radical (unpaired) electrons. The van der Waals surface area contributed by atoms with Crippen LogP contribution in [0.15, 0.2) is 53.7 Å². The van der Waals surface area contributed by atoms with Gasteiger partial charge >= 0.3 is 0 Å². The summed E-state index contributed by atoms with van der Waals surface area (Å²) < 4.78 is 15.4. The first-order valence-electron chi connectivity index (χ1n) is 8.24. The molecular weight excluding hydrogens is 335 g/mol. The van der Waals surface area contributed by atoms with Crippen molar-refractivity contribution in [3.05, 3.63) is 65.8 Å². The third-order valence-corrected chi connectivity index (χ3v) is 4.82. The Bertz CT molecular complexity index is 739. The lowest BCUT2D eigenvalue weighted by Gasteiger charge is -2.17. The first-order chi connectivity index (χ1) is 12.0.